The molecule has 0 saturated carbocycles. The highest BCUT2D eigenvalue weighted by atomic mass is 16.5. The molecular formula is C14H18O5. The maximum atomic E-state index is 11.9. The van der Waals surface area contributed by atoms with Crippen molar-refractivity contribution in [3.63, 3.8) is 0 Å². The van der Waals surface area contributed by atoms with Gasteiger partial charge in [0, 0.05) is 0 Å². The largest absolute Gasteiger partial charge is 0.492 e. The van der Waals surface area contributed by atoms with Gasteiger partial charge in [0.05, 0.1) is 6.61 Å². The zero-order valence-electron chi connectivity index (χ0n) is 11.1. The SMILES string of the molecule is CCOC(=O)C(CC)(COc1ccccc1)C(=O)O. The fourth-order valence-electron chi connectivity index (χ4n) is 1.60. The maximum absolute atomic E-state index is 11.9. The molecule has 0 aliphatic carbocycles. The summed E-state index contributed by atoms with van der Waals surface area (Å²) in [6.45, 7) is 3.15. The third-order valence-corrected chi connectivity index (χ3v) is 2.91. The maximum Gasteiger partial charge on any atom is 0.327 e. The van der Waals surface area contributed by atoms with Crippen LogP contribution in [-0.4, -0.2) is 30.3 Å². The molecule has 0 radical (unpaired) electrons. The number of ether oxygens (including phenoxy) is 2. The highest BCUT2D eigenvalue weighted by Gasteiger charge is 2.47. The smallest absolute Gasteiger partial charge is 0.327 e. The Morgan fingerprint density at radius 2 is 1.84 bits per heavy atom. The minimum Gasteiger partial charge on any atom is -0.492 e. The Balaban J connectivity index is 2.86. The zero-order chi connectivity index (χ0) is 14.3. The van der Waals surface area contributed by atoms with Crippen molar-refractivity contribution in [2.45, 2.75) is 20.3 Å². The molecule has 1 atom stereocenters. The van der Waals surface area contributed by atoms with Crippen LogP contribution in [0.25, 0.3) is 0 Å². The number of esters is 1. The van der Waals surface area contributed by atoms with Crippen LogP contribution in [0.15, 0.2) is 30.3 Å². The predicted molar refractivity (Wildman–Crippen MR) is 68.9 cm³/mol. The van der Waals surface area contributed by atoms with E-state index in [1.54, 1.807) is 38.1 Å². The molecular weight excluding hydrogens is 248 g/mol. The van der Waals surface area contributed by atoms with Gasteiger partial charge in [0.2, 0.25) is 0 Å². The van der Waals surface area contributed by atoms with Gasteiger partial charge in [-0.05, 0) is 25.5 Å². The Morgan fingerprint density at radius 3 is 2.32 bits per heavy atom. The monoisotopic (exact) mass is 266 g/mol. The van der Waals surface area contributed by atoms with Gasteiger partial charge in [-0.25, -0.2) is 0 Å². The zero-order valence-corrected chi connectivity index (χ0v) is 11.1. The van der Waals surface area contributed by atoms with Crippen LogP contribution < -0.4 is 4.74 Å². The van der Waals surface area contributed by atoms with Crippen LogP contribution in [0, 0.1) is 5.41 Å². The molecule has 0 aliphatic heterocycles. The van der Waals surface area contributed by atoms with Gasteiger partial charge in [-0.1, -0.05) is 25.1 Å². The first-order valence-electron chi connectivity index (χ1n) is 6.15. The van der Waals surface area contributed by atoms with E-state index in [0.717, 1.165) is 0 Å². The Bertz CT molecular complexity index is 429. The summed E-state index contributed by atoms with van der Waals surface area (Å²) in [6, 6.07) is 8.77. The van der Waals surface area contributed by atoms with Gasteiger partial charge in [0.1, 0.15) is 12.4 Å². The van der Waals surface area contributed by atoms with E-state index in [1.807, 2.05) is 6.07 Å². The second-order valence-corrected chi connectivity index (χ2v) is 4.06. The number of benzene rings is 1. The van der Waals surface area contributed by atoms with Crippen molar-refractivity contribution in [3.05, 3.63) is 30.3 Å². The summed E-state index contributed by atoms with van der Waals surface area (Å²) in [5, 5.41) is 9.32. The van der Waals surface area contributed by atoms with Crippen LogP contribution >= 0.6 is 0 Å². The number of carboxylic acids is 1. The van der Waals surface area contributed by atoms with Gasteiger partial charge < -0.3 is 14.6 Å². The number of para-hydroxylation sites is 1. The first-order chi connectivity index (χ1) is 9.06. The topological polar surface area (TPSA) is 72.8 Å². The van der Waals surface area contributed by atoms with Gasteiger partial charge in [-0.15, -0.1) is 0 Å². The fraction of sp³-hybridized carbons (Fsp3) is 0.429. The summed E-state index contributed by atoms with van der Waals surface area (Å²) < 4.78 is 10.3. The predicted octanol–water partition coefficient (Wildman–Crippen LogP) is 2.11. The van der Waals surface area contributed by atoms with E-state index in [4.69, 9.17) is 9.47 Å². The third kappa shape index (κ3) is 3.47. The average molecular weight is 266 g/mol. The number of carbonyl (C=O) groups is 2. The van der Waals surface area contributed by atoms with E-state index in [9.17, 15) is 14.7 Å². The minimum absolute atomic E-state index is 0.105. The summed E-state index contributed by atoms with van der Waals surface area (Å²) in [4.78, 5) is 23.3. The van der Waals surface area contributed by atoms with Crippen molar-refractivity contribution < 1.29 is 24.2 Å². The number of rotatable bonds is 7. The van der Waals surface area contributed by atoms with Crippen molar-refractivity contribution in [1.29, 1.82) is 0 Å². The van der Waals surface area contributed by atoms with Crippen LogP contribution in [0.3, 0.4) is 0 Å². The molecule has 19 heavy (non-hydrogen) atoms. The number of hydrogen-bond donors (Lipinski definition) is 1. The molecule has 1 aromatic rings. The number of carbonyl (C=O) groups excluding carboxylic acids is 1. The Morgan fingerprint density at radius 1 is 1.21 bits per heavy atom. The number of hydrogen-bond acceptors (Lipinski definition) is 4. The third-order valence-electron chi connectivity index (χ3n) is 2.91. The molecule has 1 unspecified atom stereocenters. The summed E-state index contributed by atoms with van der Waals surface area (Å²) in [5.41, 5.74) is -1.66. The molecule has 5 heteroatoms. The second kappa shape index (κ2) is 6.78. The summed E-state index contributed by atoms with van der Waals surface area (Å²) >= 11 is 0. The Labute approximate surface area is 112 Å². The van der Waals surface area contributed by atoms with Gasteiger partial charge in [-0.3, -0.25) is 9.59 Å². The van der Waals surface area contributed by atoms with Crippen LogP contribution in [0.5, 0.6) is 5.75 Å². The van der Waals surface area contributed by atoms with Crippen molar-refractivity contribution in [1.82, 2.24) is 0 Å². The molecule has 0 spiro atoms. The van der Waals surface area contributed by atoms with Gasteiger partial charge in [0.25, 0.3) is 0 Å². The van der Waals surface area contributed by atoms with Gasteiger partial charge in [0.15, 0.2) is 5.41 Å². The minimum atomic E-state index is -1.66. The van der Waals surface area contributed by atoms with Crippen molar-refractivity contribution in [2.75, 3.05) is 13.2 Å². The summed E-state index contributed by atoms with van der Waals surface area (Å²) in [6.07, 6.45) is 0.105. The van der Waals surface area contributed by atoms with Crippen molar-refractivity contribution >= 4 is 11.9 Å². The fourth-order valence-corrected chi connectivity index (χ4v) is 1.60. The highest BCUT2D eigenvalue weighted by molar-refractivity contribution is 5.99. The van der Waals surface area contributed by atoms with Crippen LogP contribution in [0.1, 0.15) is 20.3 Å². The molecule has 0 bridgehead atoms. The molecule has 1 N–H and O–H groups in total. The molecule has 5 nitrogen and oxygen atoms in total. The standard InChI is InChI=1S/C14H18O5/c1-3-14(12(15)16,13(17)18-4-2)10-19-11-8-6-5-7-9-11/h5-9H,3-4,10H2,1-2H3,(H,15,16). The second-order valence-electron chi connectivity index (χ2n) is 4.06. The molecule has 1 aromatic carbocycles. The molecule has 0 aliphatic rings. The Hall–Kier alpha value is -2.04. The van der Waals surface area contributed by atoms with Gasteiger partial charge in [-0.2, -0.15) is 0 Å². The summed E-state index contributed by atoms with van der Waals surface area (Å²) in [7, 11) is 0. The van der Waals surface area contributed by atoms with E-state index < -0.39 is 17.4 Å². The first-order valence-corrected chi connectivity index (χ1v) is 6.15. The first kappa shape index (κ1) is 15.0. The van der Waals surface area contributed by atoms with Crippen molar-refractivity contribution in [2.24, 2.45) is 5.41 Å². The lowest BCUT2D eigenvalue weighted by molar-refractivity contribution is -0.171. The van der Waals surface area contributed by atoms with Crippen LogP contribution in [0.2, 0.25) is 0 Å². The molecule has 104 valence electrons. The molecule has 0 fully saturated rings. The lowest BCUT2D eigenvalue weighted by atomic mass is 9.86. The van der Waals surface area contributed by atoms with E-state index in [0.29, 0.717) is 5.75 Å². The average Bonchev–Trinajstić information content (AvgIpc) is 2.41. The number of carboxylic acid groups (broad SMARTS) is 1. The molecule has 0 heterocycles. The van der Waals surface area contributed by atoms with Crippen molar-refractivity contribution in [3.8, 4) is 5.75 Å². The van der Waals surface area contributed by atoms with E-state index in [1.165, 1.54) is 0 Å². The lowest BCUT2D eigenvalue weighted by Gasteiger charge is -2.25. The molecule has 1 rings (SSSR count). The Kier molecular flexibility index (Phi) is 5.36. The van der Waals surface area contributed by atoms with Crippen LogP contribution in [0.4, 0.5) is 0 Å². The van der Waals surface area contributed by atoms with E-state index in [2.05, 4.69) is 0 Å². The van der Waals surface area contributed by atoms with E-state index in [-0.39, 0.29) is 19.6 Å². The lowest BCUT2D eigenvalue weighted by Crippen LogP contribution is -2.45. The quantitative estimate of drug-likeness (QED) is 0.604. The summed E-state index contributed by atoms with van der Waals surface area (Å²) in [5.74, 6) is -1.48. The molecule has 0 aromatic heterocycles. The van der Waals surface area contributed by atoms with E-state index >= 15 is 0 Å². The number of aliphatic carboxylic acids is 1. The normalized spacial score (nSPS) is 13.4. The van der Waals surface area contributed by atoms with Crippen LogP contribution in [-0.2, 0) is 14.3 Å². The highest BCUT2D eigenvalue weighted by Crippen LogP contribution is 2.26. The molecule has 0 amide bonds. The molecule has 0 saturated heterocycles. The van der Waals surface area contributed by atoms with Gasteiger partial charge >= 0.3 is 11.9 Å².